The van der Waals surface area contributed by atoms with Gasteiger partial charge in [0.1, 0.15) is 11.6 Å². The van der Waals surface area contributed by atoms with Gasteiger partial charge >= 0.3 is 0 Å². The predicted octanol–water partition coefficient (Wildman–Crippen LogP) is 2.46. The SMILES string of the molecule is Cc1cccc(N)c1NC(=O)CS(=O)c1ccc(F)cc1. The highest BCUT2D eigenvalue weighted by Gasteiger charge is 2.13. The van der Waals surface area contributed by atoms with E-state index in [1.807, 2.05) is 13.0 Å². The van der Waals surface area contributed by atoms with Crippen LogP contribution in [0.2, 0.25) is 0 Å². The highest BCUT2D eigenvalue weighted by Crippen LogP contribution is 2.22. The molecule has 6 heteroatoms. The maximum atomic E-state index is 12.8. The summed E-state index contributed by atoms with van der Waals surface area (Å²) >= 11 is 0. The number of benzene rings is 2. The number of para-hydroxylation sites is 1. The van der Waals surface area contributed by atoms with Crippen LogP contribution in [0.4, 0.5) is 15.8 Å². The number of carbonyl (C=O) groups is 1. The van der Waals surface area contributed by atoms with Crippen LogP contribution >= 0.6 is 0 Å². The van der Waals surface area contributed by atoms with Gasteiger partial charge < -0.3 is 11.1 Å². The molecule has 0 saturated carbocycles. The van der Waals surface area contributed by atoms with Crippen molar-refractivity contribution in [2.75, 3.05) is 16.8 Å². The van der Waals surface area contributed by atoms with Crippen LogP contribution in [0.3, 0.4) is 0 Å². The second kappa shape index (κ2) is 6.49. The third-order valence-corrected chi connectivity index (χ3v) is 4.23. The highest BCUT2D eigenvalue weighted by atomic mass is 32.2. The summed E-state index contributed by atoms with van der Waals surface area (Å²) in [6.45, 7) is 1.82. The van der Waals surface area contributed by atoms with Gasteiger partial charge in [-0.3, -0.25) is 9.00 Å². The number of anilines is 2. The molecule has 0 aliphatic carbocycles. The molecule has 3 N–H and O–H groups in total. The van der Waals surface area contributed by atoms with Gasteiger partial charge in [0.05, 0.1) is 22.2 Å². The number of halogens is 1. The number of amides is 1. The molecular weight excluding hydrogens is 291 g/mol. The molecule has 0 aliphatic rings. The lowest BCUT2D eigenvalue weighted by Gasteiger charge is -2.11. The van der Waals surface area contributed by atoms with Gasteiger partial charge in [-0.1, -0.05) is 12.1 Å². The lowest BCUT2D eigenvalue weighted by atomic mass is 10.1. The smallest absolute Gasteiger partial charge is 0.237 e. The molecule has 110 valence electrons. The summed E-state index contributed by atoms with van der Waals surface area (Å²) in [5.74, 6) is -1.02. The van der Waals surface area contributed by atoms with Crippen molar-refractivity contribution < 1.29 is 13.4 Å². The van der Waals surface area contributed by atoms with Gasteiger partial charge in [0.25, 0.3) is 0 Å². The molecule has 0 fully saturated rings. The van der Waals surface area contributed by atoms with Crippen molar-refractivity contribution in [3.8, 4) is 0 Å². The fraction of sp³-hybridized carbons (Fsp3) is 0.133. The van der Waals surface area contributed by atoms with Crippen LogP contribution in [0.1, 0.15) is 5.56 Å². The van der Waals surface area contributed by atoms with E-state index in [0.717, 1.165) is 5.56 Å². The third kappa shape index (κ3) is 3.88. The van der Waals surface area contributed by atoms with E-state index >= 15 is 0 Å². The molecule has 2 aromatic carbocycles. The number of aryl methyl sites for hydroxylation is 1. The molecule has 0 aromatic heterocycles. The first-order valence-electron chi connectivity index (χ1n) is 6.26. The number of hydrogen-bond acceptors (Lipinski definition) is 3. The van der Waals surface area contributed by atoms with E-state index in [-0.39, 0.29) is 5.75 Å². The molecule has 1 atom stereocenters. The highest BCUT2D eigenvalue weighted by molar-refractivity contribution is 7.85. The van der Waals surface area contributed by atoms with Gasteiger partial charge in [-0.05, 0) is 42.8 Å². The Hall–Kier alpha value is -2.21. The van der Waals surface area contributed by atoms with Crippen LogP contribution in [0.25, 0.3) is 0 Å². The number of nitrogens with two attached hydrogens (primary N) is 1. The van der Waals surface area contributed by atoms with E-state index in [1.54, 1.807) is 12.1 Å². The van der Waals surface area contributed by atoms with Crippen molar-refractivity contribution in [1.29, 1.82) is 0 Å². The van der Waals surface area contributed by atoms with Crippen molar-refractivity contribution in [2.45, 2.75) is 11.8 Å². The van der Waals surface area contributed by atoms with Gasteiger partial charge in [0.15, 0.2) is 0 Å². The van der Waals surface area contributed by atoms with Gasteiger partial charge in [-0.25, -0.2) is 4.39 Å². The first-order chi connectivity index (χ1) is 9.97. The number of nitrogen functional groups attached to an aromatic ring is 1. The minimum absolute atomic E-state index is 0.209. The van der Waals surface area contributed by atoms with Crippen molar-refractivity contribution in [3.05, 3.63) is 53.8 Å². The zero-order chi connectivity index (χ0) is 15.4. The monoisotopic (exact) mass is 306 g/mol. The second-order valence-corrected chi connectivity index (χ2v) is 5.98. The molecule has 2 rings (SSSR count). The largest absolute Gasteiger partial charge is 0.397 e. The van der Waals surface area contributed by atoms with E-state index < -0.39 is 22.5 Å². The molecule has 2 aromatic rings. The number of nitrogens with one attached hydrogen (secondary N) is 1. The summed E-state index contributed by atoms with van der Waals surface area (Å²) in [7, 11) is -1.53. The molecule has 0 aliphatic heterocycles. The Kier molecular flexibility index (Phi) is 4.70. The maximum Gasteiger partial charge on any atom is 0.237 e. The van der Waals surface area contributed by atoms with Crippen LogP contribution in [-0.2, 0) is 15.6 Å². The Bertz CT molecular complexity index is 666. The molecule has 1 unspecified atom stereocenters. The number of carbonyl (C=O) groups excluding carboxylic acids is 1. The summed E-state index contributed by atoms with van der Waals surface area (Å²) < 4.78 is 24.8. The van der Waals surface area contributed by atoms with Crippen LogP contribution in [-0.4, -0.2) is 15.9 Å². The summed E-state index contributed by atoms with van der Waals surface area (Å²) in [4.78, 5) is 12.3. The Morgan fingerprint density at radius 1 is 1.24 bits per heavy atom. The van der Waals surface area contributed by atoms with Gasteiger partial charge in [0.2, 0.25) is 5.91 Å². The van der Waals surface area contributed by atoms with Crippen molar-refractivity contribution in [1.82, 2.24) is 0 Å². The maximum absolute atomic E-state index is 12.8. The van der Waals surface area contributed by atoms with Crippen molar-refractivity contribution in [3.63, 3.8) is 0 Å². The number of hydrogen-bond donors (Lipinski definition) is 2. The lowest BCUT2D eigenvalue weighted by molar-refractivity contribution is -0.113. The second-order valence-electron chi connectivity index (χ2n) is 4.53. The zero-order valence-electron chi connectivity index (χ0n) is 11.4. The summed E-state index contributed by atoms with van der Waals surface area (Å²) in [6, 6.07) is 10.5. The quantitative estimate of drug-likeness (QED) is 0.852. The summed E-state index contributed by atoms with van der Waals surface area (Å²) in [5.41, 5.74) is 7.61. The minimum Gasteiger partial charge on any atom is -0.397 e. The van der Waals surface area contributed by atoms with E-state index in [1.165, 1.54) is 24.3 Å². The standard InChI is InChI=1S/C15H15FN2O2S/c1-10-3-2-4-13(17)15(10)18-14(19)9-21(20)12-7-5-11(16)6-8-12/h2-8H,9,17H2,1H3,(H,18,19). The van der Waals surface area contributed by atoms with E-state index in [4.69, 9.17) is 5.73 Å². The van der Waals surface area contributed by atoms with Crippen molar-refractivity contribution >= 4 is 28.1 Å². The predicted molar refractivity (Wildman–Crippen MR) is 81.9 cm³/mol. The average Bonchev–Trinajstić information content (AvgIpc) is 2.43. The molecule has 1 amide bonds. The van der Waals surface area contributed by atoms with Crippen LogP contribution in [0.5, 0.6) is 0 Å². The summed E-state index contributed by atoms with van der Waals surface area (Å²) in [5, 5.41) is 2.66. The fourth-order valence-electron chi connectivity index (χ4n) is 1.83. The van der Waals surface area contributed by atoms with Gasteiger partial charge in [0, 0.05) is 4.90 Å². The first kappa shape index (κ1) is 15.2. The topological polar surface area (TPSA) is 72.2 Å². The lowest BCUT2D eigenvalue weighted by Crippen LogP contribution is -2.20. The van der Waals surface area contributed by atoms with E-state index in [2.05, 4.69) is 5.32 Å². The Labute approximate surface area is 124 Å². The van der Waals surface area contributed by atoms with Gasteiger partial charge in [-0.2, -0.15) is 0 Å². The fourth-order valence-corrected chi connectivity index (χ4v) is 2.74. The number of rotatable bonds is 4. The minimum atomic E-state index is -1.53. The van der Waals surface area contributed by atoms with E-state index in [0.29, 0.717) is 16.3 Å². The third-order valence-electron chi connectivity index (χ3n) is 2.91. The molecule has 21 heavy (non-hydrogen) atoms. The van der Waals surface area contributed by atoms with Crippen LogP contribution in [0.15, 0.2) is 47.4 Å². The molecular formula is C15H15FN2O2S. The van der Waals surface area contributed by atoms with E-state index in [9.17, 15) is 13.4 Å². The molecule has 4 nitrogen and oxygen atoms in total. The first-order valence-corrected chi connectivity index (χ1v) is 7.58. The molecule has 0 radical (unpaired) electrons. The normalized spacial score (nSPS) is 11.9. The van der Waals surface area contributed by atoms with Crippen LogP contribution in [0, 0.1) is 12.7 Å². The van der Waals surface area contributed by atoms with Gasteiger partial charge in [-0.15, -0.1) is 0 Å². The molecule has 0 heterocycles. The summed E-state index contributed by atoms with van der Waals surface area (Å²) in [6.07, 6.45) is 0. The molecule has 0 bridgehead atoms. The molecule has 0 saturated heterocycles. The Morgan fingerprint density at radius 3 is 2.52 bits per heavy atom. The zero-order valence-corrected chi connectivity index (χ0v) is 12.2. The molecule has 0 spiro atoms. The Balaban J connectivity index is 2.05. The Morgan fingerprint density at radius 2 is 1.90 bits per heavy atom. The average molecular weight is 306 g/mol. The van der Waals surface area contributed by atoms with Crippen LogP contribution < -0.4 is 11.1 Å². The van der Waals surface area contributed by atoms with Crippen molar-refractivity contribution in [2.24, 2.45) is 0 Å².